The van der Waals surface area contributed by atoms with Gasteiger partial charge in [-0.15, -0.1) is 24.0 Å². The molecule has 1 aromatic carbocycles. The average Bonchev–Trinajstić information content (AvgIpc) is 3.12. The fraction of sp³-hybridized carbons (Fsp3) is 0.667. The van der Waals surface area contributed by atoms with E-state index < -0.39 is 0 Å². The second-order valence-electron chi connectivity index (χ2n) is 7.63. The van der Waals surface area contributed by atoms with Crippen molar-refractivity contribution >= 4 is 35.6 Å². The molecule has 1 atom stereocenters. The fourth-order valence-electron chi connectivity index (χ4n) is 4.04. The van der Waals surface area contributed by atoms with Gasteiger partial charge in [0.05, 0.1) is 12.6 Å². The number of anilines is 1. The number of guanidine groups is 1. The molecule has 1 heterocycles. The molecule has 6 heteroatoms. The molecule has 0 spiro atoms. The highest BCUT2D eigenvalue weighted by molar-refractivity contribution is 14.0. The second-order valence-corrected chi connectivity index (χ2v) is 7.63. The zero-order valence-corrected chi connectivity index (χ0v) is 19.1. The number of β-amino-alcohol motifs (C(OH)–C–C–N with tert-alkyl or cyclic N) is 1. The lowest BCUT2D eigenvalue weighted by Gasteiger charge is -2.33. The van der Waals surface area contributed by atoms with Crippen molar-refractivity contribution in [2.75, 3.05) is 31.6 Å². The van der Waals surface area contributed by atoms with Crippen LogP contribution in [0.15, 0.2) is 29.3 Å². The summed E-state index contributed by atoms with van der Waals surface area (Å²) in [7, 11) is 2.23. The maximum absolute atomic E-state index is 9.76. The summed E-state index contributed by atoms with van der Waals surface area (Å²) in [6.07, 6.45) is 7.34. The number of hydrogen-bond acceptors (Lipinski definition) is 3. The van der Waals surface area contributed by atoms with Crippen LogP contribution in [-0.4, -0.2) is 54.8 Å². The van der Waals surface area contributed by atoms with E-state index in [2.05, 4.69) is 53.4 Å². The molecule has 1 aliphatic carbocycles. The van der Waals surface area contributed by atoms with Gasteiger partial charge < -0.3 is 20.2 Å². The Labute approximate surface area is 181 Å². The highest BCUT2D eigenvalue weighted by Crippen LogP contribution is 2.26. The summed E-state index contributed by atoms with van der Waals surface area (Å²) in [5, 5.41) is 13.1. The van der Waals surface area contributed by atoms with E-state index in [4.69, 9.17) is 4.99 Å². The minimum Gasteiger partial charge on any atom is -0.391 e. The first-order valence-electron chi connectivity index (χ1n) is 10.2. The number of rotatable bonds is 5. The third-order valence-corrected chi connectivity index (χ3v) is 5.68. The van der Waals surface area contributed by atoms with Gasteiger partial charge in [-0.1, -0.05) is 31.4 Å². The van der Waals surface area contributed by atoms with Crippen molar-refractivity contribution in [1.82, 2.24) is 10.2 Å². The van der Waals surface area contributed by atoms with Gasteiger partial charge in [0.15, 0.2) is 5.96 Å². The van der Waals surface area contributed by atoms with Gasteiger partial charge in [0, 0.05) is 38.4 Å². The van der Waals surface area contributed by atoms with Gasteiger partial charge in [-0.05, 0) is 43.9 Å². The standard InChI is InChI=1S/C21H34N4O.HI/c1-3-22-21(25-14-13-20(26)16-25)23-15-17-9-11-19(12-10-17)24(2)18-7-5-4-6-8-18;/h9-12,18,20,26H,3-8,13-16H2,1-2H3,(H,22,23);1H/t20-;/m1./s1. The average molecular weight is 486 g/mol. The lowest BCUT2D eigenvalue weighted by molar-refractivity contribution is 0.188. The van der Waals surface area contributed by atoms with Crippen LogP contribution in [0, 0.1) is 0 Å². The number of benzene rings is 1. The van der Waals surface area contributed by atoms with Crippen molar-refractivity contribution in [3.05, 3.63) is 29.8 Å². The zero-order chi connectivity index (χ0) is 18.4. The van der Waals surface area contributed by atoms with E-state index in [1.807, 2.05) is 0 Å². The zero-order valence-electron chi connectivity index (χ0n) is 16.7. The Morgan fingerprint density at radius 2 is 1.89 bits per heavy atom. The van der Waals surface area contributed by atoms with E-state index in [1.165, 1.54) is 43.4 Å². The van der Waals surface area contributed by atoms with Gasteiger partial charge in [0.2, 0.25) is 0 Å². The maximum atomic E-state index is 9.76. The molecule has 2 N–H and O–H groups in total. The summed E-state index contributed by atoms with van der Waals surface area (Å²) in [6.45, 7) is 5.14. The molecule has 2 aliphatic rings. The molecule has 3 rings (SSSR count). The lowest BCUT2D eigenvalue weighted by Crippen LogP contribution is -2.40. The Morgan fingerprint density at radius 1 is 1.19 bits per heavy atom. The Morgan fingerprint density at radius 3 is 2.48 bits per heavy atom. The third kappa shape index (κ3) is 6.24. The number of aliphatic imine (C=N–C) groups is 1. The molecule has 1 saturated carbocycles. The number of aliphatic hydroxyl groups excluding tert-OH is 1. The van der Waals surface area contributed by atoms with Crippen LogP contribution in [0.2, 0.25) is 0 Å². The van der Waals surface area contributed by atoms with Crippen LogP contribution in [0.5, 0.6) is 0 Å². The van der Waals surface area contributed by atoms with Crippen molar-refractivity contribution < 1.29 is 5.11 Å². The molecule has 1 saturated heterocycles. The first-order chi connectivity index (χ1) is 12.7. The van der Waals surface area contributed by atoms with Crippen molar-refractivity contribution in [3.63, 3.8) is 0 Å². The summed E-state index contributed by atoms with van der Waals surface area (Å²) < 4.78 is 0. The molecule has 0 unspecified atom stereocenters. The summed E-state index contributed by atoms with van der Waals surface area (Å²) in [5.41, 5.74) is 2.53. The molecule has 0 aromatic heterocycles. The van der Waals surface area contributed by atoms with Crippen LogP contribution in [0.25, 0.3) is 0 Å². The van der Waals surface area contributed by atoms with Crippen LogP contribution in [0.3, 0.4) is 0 Å². The number of halogens is 1. The predicted octanol–water partition coefficient (Wildman–Crippen LogP) is 3.61. The molecule has 27 heavy (non-hydrogen) atoms. The minimum absolute atomic E-state index is 0. The highest BCUT2D eigenvalue weighted by atomic mass is 127. The van der Waals surface area contributed by atoms with Gasteiger partial charge in [-0.2, -0.15) is 0 Å². The Kier molecular flexibility index (Phi) is 9.15. The topological polar surface area (TPSA) is 51.1 Å². The quantitative estimate of drug-likeness (QED) is 0.380. The van der Waals surface area contributed by atoms with E-state index in [1.54, 1.807) is 0 Å². The van der Waals surface area contributed by atoms with E-state index in [0.29, 0.717) is 19.1 Å². The van der Waals surface area contributed by atoms with Crippen LogP contribution >= 0.6 is 24.0 Å². The number of nitrogens with zero attached hydrogens (tertiary/aromatic N) is 3. The summed E-state index contributed by atoms with van der Waals surface area (Å²) in [5.74, 6) is 0.910. The predicted molar refractivity (Wildman–Crippen MR) is 124 cm³/mol. The largest absolute Gasteiger partial charge is 0.391 e. The summed E-state index contributed by atoms with van der Waals surface area (Å²) in [4.78, 5) is 9.37. The summed E-state index contributed by atoms with van der Waals surface area (Å²) in [6, 6.07) is 9.54. The SMILES string of the molecule is CCNC(=NCc1ccc(N(C)C2CCCCC2)cc1)N1CC[C@@H](O)C1.I. The number of aliphatic hydroxyl groups is 1. The van der Waals surface area contributed by atoms with Gasteiger partial charge in [-0.25, -0.2) is 4.99 Å². The number of likely N-dealkylation sites (tertiary alicyclic amines) is 1. The van der Waals surface area contributed by atoms with E-state index in [-0.39, 0.29) is 30.1 Å². The monoisotopic (exact) mass is 486 g/mol. The third-order valence-electron chi connectivity index (χ3n) is 5.68. The van der Waals surface area contributed by atoms with Crippen LogP contribution in [-0.2, 0) is 6.54 Å². The molecule has 0 amide bonds. The van der Waals surface area contributed by atoms with Gasteiger partial charge in [0.1, 0.15) is 0 Å². The van der Waals surface area contributed by atoms with Crippen molar-refractivity contribution in [2.24, 2.45) is 4.99 Å². The molecular formula is C21H35IN4O. The Balaban J connectivity index is 0.00000261. The maximum Gasteiger partial charge on any atom is 0.194 e. The molecule has 1 aromatic rings. The smallest absolute Gasteiger partial charge is 0.194 e. The Hall–Kier alpha value is -1.02. The lowest BCUT2D eigenvalue weighted by atomic mass is 9.94. The van der Waals surface area contributed by atoms with Gasteiger partial charge >= 0.3 is 0 Å². The highest BCUT2D eigenvalue weighted by Gasteiger charge is 2.22. The van der Waals surface area contributed by atoms with Crippen molar-refractivity contribution in [2.45, 2.75) is 64.1 Å². The second kappa shape index (κ2) is 11.1. The molecular weight excluding hydrogens is 451 g/mol. The van der Waals surface area contributed by atoms with E-state index >= 15 is 0 Å². The number of hydrogen-bond donors (Lipinski definition) is 2. The van der Waals surface area contributed by atoms with Gasteiger partial charge in [0.25, 0.3) is 0 Å². The fourth-order valence-corrected chi connectivity index (χ4v) is 4.04. The van der Waals surface area contributed by atoms with Crippen molar-refractivity contribution in [3.8, 4) is 0 Å². The van der Waals surface area contributed by atoms with Crippen LogP contribution < -0.4 is 10.2 Å². The first-order valence-corrected chi connectivity index (χ1v) is 10.2. The molecule has 0 radical (unpaired) electrons. The molecule has 0 bridgehead atoms. The Bertz CT molecular complexity index is 586. The van der Waals surface area contributed by atoms with Crippen LogP contribution in [0.1, 0.15) is 51.0 Å². The number of nitrogens with one attached hydrogen (secondary N) is 1. The van der Waals surface area contributed by atoms with Gasteiger partial charge in [-0.3, -0.25) is 0 Å². The molecule has 2 fully saturated rings. The van der Waals surface area contributed by atoms with E-state index in [0.717, 1.165) is 25.5 Å². The minimum atomic E-state index is -0.228. The van der Waals surface area contributed by atoms with E-state index in [9.17, 15) is 5.11 Å². The van der Waals surface area contributed by atoms with Crippen molar-refractivity contribution in [1.29, 1.82) is 0 Å². The molecule has 152 valence electrons. The normalized spacial score (nSPS) is 21.1. The van der Waals surface area contributed by atoms with Crippen LogP contribution in [0.4, 0.5) is 5.69 Å². The summed E-state index contributed by atoms with van der Waals surface area (Å²) >= 11 is 0. The molecule has 1 aliphatic heterocycles. The molecule has 5 nitrogen and oxygen atoms in total. The first kappa shape index (κ1) is 22.3.